The summed E-state index contributed by atoms with van der Waals surface area (Å²) in [7, 11) is 0. The Kier molecular flexibility index (Phi) is 3.42. The molecule has 0 aromatic rings. The monoisotopic (exact) mass is 265 g/mol. The van der Waals surface area contributed by atoms with E-state index >= 15 is 0 Å². The molecule has 1 saturated heterocycles. The highest BCUT2D eigenvalue weighted by Crippen LogP contribution is 2.60. The maximum absolute atomic E-state index is 2.78. The molecule has 19 heavy (non-hydrogen) atoms. The van der Waals surface area contributed by atoms with Crippen molar-refractivity contribution in [2.45, 2.75) is 80.2 Å². The smallest absolute Gasteiger partial charge is 0.0238 e. The van der Waals surface area contributed by atoms with Gasteiger partial charge in [-0.25, -0.2) is 0 Å². The average Bonchev–Trinajstić information content (AvgIpc) is 2.78. The summed E-state index contributed by atoms with van der Waals surface area (Å²) in [5, 5.41) is 0. The van der Waals surface area contributed by atoms with Crippen molar-refractivity contribution >= 4 is 0 Å². The minimum absolute atomic E-state index is 0.405. The van der Waals surface area contributed by atoms with Crippen LogP contribution in [0.5, 0.6) is 0 Å². The quantitative estimate of drug-likeness (QED) is 0.682. The molecule has 112 valence electrons. The van der Waals surface area contributed by atoms with Crippen LogP contribution in [0.25, 0.3) is 0 Å². The fourth-order valence-corrected chi connectivity index (χ4v) is 4.06. The van der Waals surface area contributed by atoms with Gasteiger partial charge >= 0.3 is 0 Å². The van der Waals surface area contributed by atoms with Crippen LogP contribution >= 0.6 is 0 Å². The third-order valence-corrected chi connectivity index (χ3v) is 7.27. The number of hydrogen-bond acceptors (Lipinski definition) is 1. The summed E-state index contributed by atoms with van der Waals surface area (Å²) in [4.78, 5) is 2.78. The molecule has 0 radical (unpaired) electrons. The summed E-state index contributed by atoms with van der Waals surface area (Å²) in [5.74, 6) is 0.884. The van der Waals surface area contributed by atoms with Gasteiger partial charge in [-0.3, -0.25) is 4.90 Å². The molecule has 1 unspecified atom stereocenters. The van der Waals surface area contributed by atoms with Crippen molar-refractivity contribution < 1.29 is 0 Å². The third kappa shape index (κ3) is 2.37. The first-order valence-electron chi connectivity index (χ1n) is 8.17. The minimum atomic E-state index is 0.405. The topological polar surface area (TPSA) is 3.24 Å². The summed E-state index contributed by atoms with van der Waals surface area (Å²) in [6, 6.07) is 0. The molecular formula is C18H35N. The molecule has 2 aliphatic rings. The lowest BCUT2D eigenvalue weighted by atomic mass is 9.60. The molecule has 0 aromatic heterocycles. The summed E-state index contributed by atoms with van der Waals surface area (Å²) in [6.45, 7) is 22.1. The number of rotatable bonds is 2. The largest absolute Gasteiger partial charge is 0.297 e. The molecule has 1 nitrogen and oxygen atoms in total. The normalized spacial score (nSPS) is 33.5. The lowest BCUT2D eigenvalue weighted by Crippen LogP contribution is -2.48. The molecule has 1 heteroatoms. The second kappa shape index (κ2) is 4.23. The maximum atomic E-state index is 2.78. The number of nitrogens with zero attached hydrogens (tertiary/aromatic N) is 1. The molecule has 1 saturated carbocycles. The van der Waals surface area contributed by atoms with E-state index in [1.165, 1.54) is 32.4 Å². The number of piperidine rings is 1. The van der Waals surface area contributed by atoms with Crippen LogP contribution in [-0.4, -0.2) is 23.5 Å². The van der Waals surface area contributed by atoms with E-state index < -0.39 is 0 Å². The Bertz CT molecular complexity index is 339. The van der Waals surface area contributed by atoms with Gasteiger partial charge in [0.15, 0.2) is 0 Å². The first kappa shape index (κ1) is 15.4. The predicted octanol–water partition coefficient (Wildman–Crippen LogP) is 4.96. The van der Waals surface area contributed by atoms with Crippen molar-refractivity contribution in [1.29, 1.82) is 0 Å². The van der Waals surface area contributed by atoms with Gasteiger partial charge in [-0.05, 0) is 61.4 Å². The van der Waals surface area contributed by atoms with Gasteiger partial charge in [0.2, 0.25) is 0 Å². The van der Waals surface area contributed by atoms with E-state index in [1.807, 2.05) is 0 Å². The van der Waals surface area contributed by atoms with Crippen LogP contribution in [0.2, 0.25) is 0 Å². The fourth-order valence-electron chi connectivity index (χ4n) is 4.06. The van der Waals surface area contributed by atoms with E-state index in [0.717, 1.165) is 5.92 Å². The third-order valence-electron chi connectivity index (χ3n) is 7.27. The zero-order chi connectivity index (χ0) is 14.7. The van der Waals surface area contributed by atoms with Gasteiger partial charge in [0.25, 0.3) is 0 Å². The molecule has 1 heterocycles. The van der Waals surface area contributed by atoms with E-state index in [2.05, 4.69) is 60.3 Å². The van der Waals surface area contributed by atoms with Crippen molar-refractivity contribution in [2.24, 2.45) is 22.2 Å². The van der Waals surface area contributed by atoms with Crippen molar-refractivity contribution in [1.82, 2.24) is 4.90 Å². The van der Waals surface area contributed by atoms with Crippen molar-refractivity contribution in [3.05, 3.63) is 0 Å². The van der Waals surface area contributed by atoms with Gasteiger partial charge < -0.3 is 0 Å². The van der Waals surface area contributed by atoms with Gasteiger partial charge in [-0.2, -0.15) is 0 Å². The van der Waals surface area contributed by atoms with Gasteiger partial charge in [0.1, 0.15) is 0 Å². The van der Waals surface area contributed by atoms with Crippen LogP contribution < -0.4 is 0 Å². The Morgan fingerprint density at radius 3 is 1.63 bits per heavy atom. The molecule has 0 N–H and O–H groups in total. The number of hydrogen-bond donors (Lipinski definition) is 0. The van der Waals surface area contributed by atoms with Gasteiger partial charge in [-0.1, -0.05) is 48.5 Å². The maximum Gasteiger partial charge on any atom is 0.0238 e. The molecule has 1 aliphatic heterocycles. The molecule has 1 atom stereocenters. The Labute approximate surface area is 121 Å². The van der Waals surface area contributed by atoms with E-state index in [1.54, 1.807) is 0 Å². The van der Waals surface area contributed by atoms with Crippen molar-refractivity contribution in [2.75, 3.05) is 13.1 Å². The van der Waals surface area contributed by atoms with Crippen LogP contribution in [0.4, 0.5) is 0 Å². The molecule has 2 fully saturated rings. The Morgan fingerprint density at radius 2 is 1.32 bits per heavy atom. The molecule has 0 aromatic carbocycles. The van der Waals surface area contributed by atoms with Crippen LogP contribution in [-0.2, 0) is 0 Å². The molecular weight excluding hydrogens is 230 g/mol. The lowest BCUT2D eigenvalue weighted by molar-refractivity contribution is -0.00134. The number of likely N-dealkylation sites (tertiary alicyclic amines) is 1. The first-order valence-corrected chi connectivity index (χ1v) is 8.17. The Morgan fingerprint density at radius 1 is 0.895 bits per heavy atom. The van der Waals surface area contributed by atoms with Gasteiger partial charge in [0.05, 0.1) is 0 Å². The minimum Gasteiger partial charge on any atom is -0.297 e. The highest BCUT2D eigenvalue weighted by Gasteiger charge is 2.61. The van der Waals surface area contributed by atoms with E-state index in [4.69, 9.17) is 0 Å². The standard InChI is InChI=1S/C18H35N/c1-15(2,3)17(6,7)14-9-11-19(12-10-14)18(8)13-16(18,4)5/h14H,9-13H2,1-8H3. The molecule has 0 amide bonds. The summed E-state index contributed by atoms with van der Waals surface area (Å²) in [6.07, 6.45) is 4.15. The Balaban J connectivity index is 1.97. The molecule has 2 rings (SSSR count). The zero-order valence-electron chi connectivity index (χ0n) is 14.6. The summed E-state index contributed by atoms with van der Waals surface area (Å²) < 4.78 is 0. The van der Waals surface area contributed by atoms with Gasteiger partial charge in [-0.15, -0.1) is 0 Å². The Hall–Kier alpha value is -0.0400. The zero-order valence-corrected chi connectivity index (χ0v) is 14.6. The lowest BCUT2D eigenvalue weighted by Gasteiger charge is -2.49. The van der Waals surface area contributed by atoms with Crippen LogP contribution in [0, 0.1) is 22.2 Å². The van der Waals surface area contributed by atoms with Crippen molar-refractivity contribution in [3.8, 4) is 0 Å². The SMILES string of the molecule is CC(C)(C)C(C)(C)C1CCN(C2(C)CC2(C)C)CC1. The molecule has 0 spiro atoms. The van der Waals surface area contributed by atoms with Crippen LogP contribution in [0.3, 0.4) is 0 Å². The average molecular weight is 265 g/mol. The second-order valence-corrected chi connectivity index (χ2v) is 9.57. The first-order chi connectivity index (χ1) is 8.42. The van der Waals surface area contributed by atoms with E-state index in [0.29, 0.717) is 21.8 Å². The summed E-state index contributed by atoms with van der Waals surface area (Å²) in [5.41, 5.74) is 1.88. The highest BCUT2D eigenvalue weighted by atomic mass is 15.3. The van der Waals surface area contributed by atoms with E-state index in [9.17, 15) is 0 Å². The fraction of sp³-hybridized carbons (Fsp3) is 1.00. The molecule has 0 bridgehead atoms. The van der Waals surface area contributed by atoms with E-state index in [-0.39, 0.29) is 0 Å². The molecule has 1 aliphatic carbocycles. The van der Waals surface area contributed by atoms with Crippen LogP contribution in [0.1, 0.15) is 74.7 Å². The van der Waals surface area contributed by atoms with Crippen LogP contribution in [0.15, 0.2) is 0 Å². The predicted molar refractivity (Wildman–Crippen MR) is 84.3 cm³/mol. The summed E-state index contributed by atoms with van der Waals surface area (Å²) >= 11 is 0. The highest BCUT2D eigenvalue weighted by molar-refractivity contribution is 5.15. The van der Waals surface area contributed by atoms with Gasteiger partial charge in [0, 0.05) is 5.54 Å². The van der Waals surface area contributed by atoms with Crippen molar-refractivity contribution in [3.63, 3.8) is 0 Å². The second-order valence-electron chi connectivity index (χ2n) is 9.57.